The zero-order valence-electron chi connectivity index (χ0n) is 45.5. The zero-order chi connectivity index (χ0) is 54.8. The summed E-state index contributed by atoms with van der Waals surface area (Å²) in [4.78, 5) is 71.7. The van der Waals surface area contributed by atoms with Crippen LogP contribution in [0.15, 0.2) is 119 Å². The van der Waals surface area contributed by atoms with Crippen LogP contribution in [-0.4, -0.2) is 57.0 Å². The van der Waals surface area contributed by atoms with E-state index in [2.05, 4.69) is 0 Å². The van der Waals surface area contributed by atoms with Crippen LogP contribution < -0.4 is 31.1 Å². The molecule has 0 aliphatic carbocycles. The fraction of sp³-hybridized carbons (Fsp3) is 0.524. The minimum absolute atomic E-state index is 0.113. The lowest BCUT2D eigenvalue weighted by Gasteiger charge is -2.18. The lowest BCUT2D eigenvalue weighted by Crippen LogP contribution is -2.26. The van der Waals surface area contributed by atoms with E-state index in [1.807, 2.05) is 0 Å². The Bertz CT molecular complexity index is 2770. The second-order valence-electron chi connectivity index (χ2n) is 20.2. The normalized spacial score (nSPS) is 11.5. The first kappa shape index (κ1) is 60.8. The summed E-state index contributed by atoms with van der Waals surface area (Å²) in [5.41, 5.74) is -0.141. The number of esters is 3. The van der Waals surface area contributed by atoms with Gasteiger partial charge < -0.3 is 41.7 Å². The highest BCUT2D eigenvalue weighted by atomic mass is 16.6. The first-order valence-corrected chi connectivity index (χ1v) is 28.7. The summed E-state index contributed by atoms with van der Waals surface area (Å²) < 4.78 is 50.5. The van der Waals surface area contributed by atoms with E-state index in [4.69, 9.17) is 41.7 Å². The van der Waals surface area contributed by atoms with E-state index in [0.29, 0.717) is 86.3 Å². The number of fused-ring (bicyclic) bond motifs is 3. The molecule has 0 amide bonds. The van der Waals surface area contributed by atoms with Crippen molar-refractivity contribution in [1.29, 1.82) is 0 Å². The number of benzene rings is 3. The second-order valence-corrected chi connectivity index (χ2v) is 20.2. The van der Waals surface area contributed by atoms with Gasteiger partial charge in [0.05, 0.1) is 13.2 Å². The maximum atomic E-state index is 12.4. The van der Waals surface area contributed by atoms with Crippen LogP contribution in [0.5, 0.6) is 17.2 Å². The van der Waals surface area contributed by atoms with Crippen molar-refractivity contribution in [3.63, 3.8) is 0 Å². The number of unbranched alkanes of at least 4 members (excludes halogenated alkanes) is 21. The molecule has 0 radical (unpaired) electrons. The predicted octanol–water partition coefficient (Wildman–Crippen LogP) is 14.1. The molecular formula is C63H80O15. The molecule has 6 rings (SSSR count). The molecule has 3 aromatic heterocycles. The standard InChI is InChI=1S/C63H80O15/c64-58(73-51-34-28-48-31-37-61(67)76-55(48)43-51)25-19-13-7-1-4-10-16-22-40-70-46-54(72-42-24-18-12-6-3-9-15-21-27-60(66)75-53-36-30-50-33-39-63(69)78-57(50)45-53)47-71-41-23-17-11-5-2-8-14-20-26-59(65)74-52-35-29-49-32-38-62(68)77-56(49)44-52/h28-39,43-45,54H,1-27,40-42,46-47H2. The van der Waals surface area contributed by atoms with E-state index < -0.39 is 16.9 Å². The van der Waals surface area contributed by atoms with Crippen LogP contribution in [0.1, 0.15) is 173 Å². The van der Waals surface area contributed by atoms with Gasteiger partial charge in [-0.1, -0.05) is 116 Å². The van der Waals surface area contributed by atoms with Gasteiger partial charge >= 0.3 is 34.8 Å². The van der Waals surface area contributed by atoms with Gasteiger partial charge in [0.25, 0.3) is 0 Å². The molecule has 15 nitrogen and oxygen atoms in total. The molecule has 422 valence electrons. The SMILES string of the molecule is O=C(CCCCCCCCCCOCC(COCCCCCCCCCCC(=O)Oc1ccc2ccc(=O)oc2c1)OCCCCCCCCCCC(=O)Oc1ccc2ccc(=O)oc2c1)Oc1ccc2ccc(=O)oc2c1. The highest BCUT2D eigenvalue weighted by Crippen LogP contribution is 2.24. The number of rotatable bonds is 41. The van der Waals surface area contributed by atoms with Crippen LogP contribution in [-0.2, 0) is 28.6 Å². The summed E-state index contributed by atoms with van der Waals surface area (Å²) in [6.45, 7) is 3.06. The first-order chi connectivity index (χ1) is 38.2. The minimum Gasteiger partial charge on any atom is -0.426 e. The molecule has 0 saturated heterocycles. The number of hydrogen-bond acceptors (Lipinski definition) is 15. The van der Waals surface area contributed by atoms with Crippen LogP contribution in [0.2, 0.25) is 0 Å². The molecule has 0 fully saturated rings. The van der Waals surface area contributed by atoms with Crippen molar-refractivity contribution >= 4 is 50.8 Å². The molecule has 78 heavy (non-hydrogen) atoms. The van der Waals surface area contributed by atoms with Crippen molar-refractivity contribution in [1.82, 2.24) is 0 Å². The van der Waals surface area contributed by atoms with Crippen molar-refractivity contribution in [2.75, 3.05) is 33.0 Å². The van der Waals surface area contributed by atoms with Gasteiger partial charge in [0.2, 0.25) is 0 Å². The summed E-state index contributed by atoms with van der Waals surface area (Å²) in [6.07, 6.45) is 25.9. The molecule has 0 atom stereocenters. The molecule has 3 heterocycles. The Morgan fingerprint density at radius 2 is 0.603 bits per heavy atom. The summed E-state index contributed by atoms with van der Waals surface area (Å²) in [5, 5.41) is 2.31. The molecule has 0 unspecified atom stereocenters. The van der Waals surface area contributed by atoms with Gasteiger partial charge in [-0.15, -0.1) is 0 Å². The van der Waals surface area contributed by atoms with E-state index in [1.54, 1.807) is 72.8 Å². The highest BCUT2D eigenvalue weighted by molar-refractivity contribution is 5.81. The number of ether oxygens (including phenoxy) is 6. The Balaban J connectivity index is 0.760. The average molecular weight is 1080 g/mol. The third-order valence-corrected chi connectivity index (χ3v) is 13.6. The Morgan fingerprint density at radius 3 is 0.923 bits per heavy atom. The molecule has 6 aromatic rings. The minimum atomic E-state index is -0.443. The average Bonchev–Trinajstić information content (AvgIpc) is 3.42. The molecular weight excluding hydrogens is 997 g/mol. The quantitative estimate of drug-likeness (QED) is 0.0152. The van der Waals surface area contributed by atoms with Gasteiger partial charge in [-0.2, -0.15) is 0 Å². The largest absolute Gasteiger partial charge is 0.426 e. The fourth-order valence-corrected chi connectivity index (χ4v) is 9.19. The third kappa shape index (κ3) is 24.5. The van der Waals surface area contributed by atoms with Gasteiger partial charge in [0.1, 0.15) is 40.1 Å². The van der Waals surface area contributed by atoms with Gasteiger partial charge in [0.15, 0.2) is 0 Å². The van der Waals surface area contributed by atoms with E-state index in [0.717, 1.165) is 170 Å². The van der Waals surface area contributed by atoms with E-state index in [-0.39, 0.29) is 24.0 Å². The van der Waals surface area contributed by atoms with Crippen LogP contribution in [0.3, 0.4) is 0 Å². The van der Waals surface area contributed by atoms with Crippen molar-refractivity contribution in [3.05, 3.63) is 122 Å². The Hall–Kier alpha value is -6.42. The number of hydrogen-bond donors (Lipinski definition) is 0. The number of carbonyl (C=O) groups excluding carboxylic acids is 3. The third-order valence-electron chi connectivity index (χ3n) is 13.6. The second kappa shape index (κ2) is 35.9. The lowest BCUT2D eigenvalue weighted by molar-refractivity contribution is -0.135. The van der Waals surface area contributed by atoms with Gasteiger partial charge in [0, 0.05) is 91.6 Å². The van der Waals surface area contributed by atoms with Crippen LogP contribution >= 0.6 is 0 Å². The van der Waals surface area contributed by atoms with E-state index >= 15 is 0 Å². The Kier molecular flexibility index (Phi) is 28.0. The van der Waals surface area contributed by atoms with Crippen molar-refractivity contribution in [2.24, 2.45) is 0 Å². The van der Waals surface area contributed by atoms with Crippen molar-refractivity contribution < 1.29 is 56.1 Å². The molecule has 0 bridgehead atoms. The van der Waals surface area contributed by atoms with Crippen LogP contribution in [0.25, 0.3) is 32.9 Å². The van der Waals surface area contributed by atoms with Gasteiger partial charge in [-0.05, 0) is 93.1 Å². The number of carbonyl (C=O) groups is 3. The molecule has 0 saturated carbocycles. The molecule has 0 aliphatic heterocycles. The smallest absolute Gasteiger partial charge is 0.336 e. The zero-order valence-corrected chi connectivity index (χ0v) is 45.5. The predicted molar refractivity (Wildman–Crippen MR) is 300 cm³/mol. The molecule has 3 aromatic carbocycles. The van der Waals surface area contributed by atoms with Crippen LogP contribution in [0.4, 0.5) is 0 Å². The Labute approximate surface area is 457 Å². The maximum absolute atomic E-state index is 12.4. The van der Waals surface area contributed by atoms with Crippen LogP contribution in [0, 0.1) is 0 Å². The highest BCUT2D eigenvalue weighted by Gasteiger charge is 2.13. The molecule has 0 spiro atoms. The van der Waals surface area contributed by atoms with Gasteiger partial charge in [-0.3, -0.25) is 14.4 Å². The monoisotopic (exact) mass is 1080 g/mol. The molecule has 0 aliphatic rings. The fourth-order valence-electron chi connectivity index (χ4n) is 9.19. The molecule has 15 heteroatoms. The summed E-state index contributed by atoms with van der Waals surface area (Å²) in [7, 11) is 0. The van der Waals surface area contributed by atoms with E-state index in [1.165, 1.54) is 18.2 Å². The van der Waals surface area contributed by atoms with Crippen molar-refractivity contribution in [2.45, 2.75) is 179 Å². The lowest BCUT2D eigenvalue weighted by atomic mass is 10.1. The summed E-state index contributed by atoms with van der Waals surface area (Å²) >= 11 is 0. The Morgan fingerprint density at radius 1 is 0.333 bits per heavy atom. The van der Waals surface area contributed by atoms with Gasteiger partial charge in [-0.25, -0.2) is 14.4 Å². The summed E-state index contributed by atoms with van der Waals surface area (Å²) in [5.74, 6) is 0.273. The first-order valence-electron chi connectivity index (χ1n) is 28.7. The maximum Gasteiger partial charge on any atom is 0.336 e. The van der Waals surface area contributed by atoms with E-state index in [9.17, 15) is 28.8 Å². The van der Waals surface area contributed by atoms with Crippen molar-refractivity contribution in [3.8, 4) is 17.2 Å². The topological polar surface area (TPSA) is 197 Å². The summed E-state index contributed by atoms with van der Waals surface area (Å²) in [6, 6.07) is 24.3. The molecule has 0 N–H and O–H groups in total.